The third kappa shape index (κ3) is 3.52. The number of amides is 1. The molecule has 1 amide bonds. The van der Waals surface area contributed by atoms with Crippen molar-refractivity contribution in [2.45, 2.75) is 33.2 Å². The zero-order chi connectivity index (χ0) is 16.3. The van der Waals surface area contributed by atoms with Crippen molar-refractivity contribution in [3.05, 3.63) is 40.2 Å². The highest BCUT2D eigenvalue weighted by molar-refractivity contribution is 5.96. The van der Waals surface area contributed by atoms with Crippen molar-refractivity contribution in [3.63, 3.8) is 0 Å². The van der Waals surface area contributed by atoms with Crippen LogP contribution < -0.4 is 15.7 Å². The number of ether oxygens (including phenoxy) is 1. The third-order valence-corrected chi connectivity index (χ3v) is 3.20. The number of carbonyl (C=O) groups is 2. The minimum atomic E-state index is -0.728. The normalized spacial score (nSPS) is 12.0. The van der Waals surface area contributed by atoms with Crippen LogP contribution in [0.2, 0.25) is 0 Å². The van der Waals surface area contributed by atoms with Crippen molar-refractivity contribution in [3.8, 4) is 5.75 Å². The molecule has 22 heavy (non-hydrogen) atoms. The Morgan fingerprint density at radius 3 is 2.68 bits per heavy atom. The molecule has 1 N–H and O–H groups in total. The smallest absolute Gasteiger partial charge is 0.349 e. The molecule has 0 aliphatic carbocycles. The molecule has 0 bridgehead atoms. The monoisotopic (exact) mass is 303 g/mol. The molecule has 1 aromatic carbocycles. The van der Waals surface area contributed by atoms with Crippen molar-refractivity contribution in [1.82, 2.24) is 5.32 Å². The Bertz CT molecular complexity index is 778. The van der Waals surface area contributed by atoms with Crippen LogP contribution in [0.4, 0.5) is 0 Å². The summed E-state index contributed by atoms with van der Waals surface area (Å²) in [6.45, 7) is 5.07. The van der Waals surface area contributed by atoms with E-state index in [2.05, 4.69) is 5.32 Å². The SMILES string of the molecule is CCC(C)NC(=O)c1cc2ccc(OC(C)=O)cc2oc1=O. The number of esters is 1. The lowest BCUT2D eigenvalue weighted by molar-refractivity contribution is -0.131. The highest BCUT2D eigenvalue weighted by Crippen LogP contribution is 2.20. The van der Waals surface area contributed by atoms with Crippen molar-refractivity contribution in [2.24, 2.45) is 0 Å². The lowest BCUT2D eigenvalue weighted by Crippen LogP contribution is -2.34. The Balaban J connectivity index is 2.39. The van der Waals surface area contributed by atoms with Crippen LogP contribution in [0.3, 0.4) is 0 Å². The van der Waals surface area contributed by atoms with Crippen LogP contribution in [0.1, 0.15) is 37.6 Å². The van der Waals surface area contributed by atoms with Gasteiger partial charge >= 0.3 is 11.6 Å². The summed E-state index contributed by atoms with van der Waals surface area (Å²) in [5, 5.41) is 3.29. The molecular formula is C16H17NO5. The summed E-state index contributed by atoms with van der Waals surface area (Å²) in [5.41, 5.74) is -0.523. The van der Waals surface area contributed by atoms with Gasteiger partial charge in [0.1, 0.15) is 16.9 Å². The summed E-state index contributed by atoms with van der Waals surface area (Å²) in [4.78, 5) is 34.9. The maximum absolute atomic E-state index is 12.1. The van der Waals surface area contributed by atoms with Crippen molar-refractivity contribution >= 4 is 22.8 Å². The van der Waals surface area contributed by atoms with Gasteiger partial charge in [0.25, 0.3) is 5.91 Å². The van der Waals surface area contributed by atoms with Crippen LogP contribution in [0.15, 0.2) is 33.5 Å². The summed E-state index contributed by atoms with van der Waals surface area (Å²) < 4.78 is 10.1. The molecule has 6 nitrogen and oxygen atoms in total. The van der Waals surface area contributed by atoms with Gasteiger partial charge in [-0.3, -0.25) is 9.59 Å². The molecule has 2 rings (SSSR count). The van der Waals surface area contributed by atoms with E-state index < -0.39 is 17.5 Å². The number of nitrogens with one attached hydrogen (secondary N) is 1. The van der Waals surface area contributed by atoms with Crippen LogP contribution in [-0.2, 0) is 4.79 Å². The Labute approximate surface area is 127 Å². The Kier molecular flexibility index (Phi) is 4.60. The van der Waals surface area contributed by atoms with E-state index in [1.54, 1.807) is 12.1 Å². The van der Waals surface area contributed by atoms with E-state index in [0.29, 0.717) is 5.39 Å². The summed E-state index contributed by atoms with van der Waals surface area (Å²) in [6.07, 6.45) is 0.760. The maximum Gasteiger partial charge on any atom is 0.349 e. The van der Waals surface area contributed by atoms with Gasteiger partial charge in [0.2, 0.25) is 0 Å². The summed E-state index contributed by atoms with van der Waals surface area (Å²) >= 11 is 0. The van der Waals surface area contributed by atoms with Gasteiger partial charge in [-0.05, 0) is 31.5 Å². The average Bonchev–Trinajstić information content (AvgIpc) is 2.45. The van der Waals surface area contributed by atoms with Gasteiger partial charge in [-0.25, -0.2) is 4.79 Å². The predicted octanol–water partition coefficient (Wildman–Crippen LogP) is 2.25. The minimum Gasteiger partial charge on any atom is -0.427 e. The molecule has 0 radical (unpaired) electrons. The zero-order valence-electron chi connectivity index (χ0n) is 12.6. The van der Waals surface area contributed by atoms with Crippen LogP contribution in [-0.4, -0.2) is 17.9 Å². The molecule has 0 fully saturated rings. The Morgan fingerprint density at radius 2 is 2.05 bits per heavy atom. The number of hydrogen-bond donors (Lipinski definition) is 1. The third-order valence-electron chi connectivity index (χ3n) is 3.20. The summed E-state index contributed by atoms with van der Waals surface area (Å²) in [5.74, 6) is -0.653. The van der Waals surface area contributed by atoms with Gasteiger partial charge in [0.15, 0.2) is 0 Å². The molecule has 1 unspecified atom stereocenters. The number of benzene rings is 1. The first-order valence-corrected chi connectivity index (χ1v) is 6.98. The van der Waals surface area contributed by atoms with Gasteiger partial charge in [0.05, 0.1) is 0 Å². The fourth-order valence-electron chi connectivity index (χ4n) is 1.88. The van der Waals surface area contributed by atoms with Crippen molar-refractivity contribution < 1.29 is 18.7 Å². The molecule has 0 spiro atoms. The minimum absolute atomic E-state index is 0.0334. The molecule has 2 aromatic rings. The fourth-order valence-corrected chi connectivity index (χ4v) is 1.88. The summed E-state index contributed by atoms with van der Waals surface area (Å²) in [6, 6.07) is 6.07. The largest absolute Gasteiger partial charge is 0.427 e. The predicted molar refractivity (Wildman–Crippen MR) is 81.0 cm³/mol. The summed E-state index contributed by atoms with van der Waals surface area (Å²) in [7, 11) is 0. The van der Waals surface area contributed by atoms with E-state index in [9.17, 15) is 14.4 Å². The van der Waals surface area contributed by atoms with Gasteiger partial charge in [-0.15, -0.1) is 0 Å². The van der Waals surface area contributed by atoms with Crippen molar-refractivity contribution in [2.75, 3.05) is 0 Å². The molecule has 0 saturated carbocycles. The van der Waals surface area contributed by atoms with Gasteiger partial charge in [-0.2, -0.15) is 0 Å². The fraction of sp³-hybridized carbons (Fsp3) is 0.312. The molecule has 1 heterocycles. The van der Waals surface area contributed by atoms with Gasteiger partial charge in [0, 0.05) is 24.4 Å². The maximum atomic E-state index is 12.1. The van der Waals surface area contributed by atoms with E-state index in [-0.39, 0.29) is 22.9 Å². The Morgan fingerprint density at radius 1 is 1.32 bits per heavy atom. The van der Waals surface area contributed by atoms with Crippen LogP contribution in [0.25, 0.3) is 11.0 Å². The number of rotatable bonds is 4. The first-order chi connectivity index (χ1) is 10.4. The van der Waals surface area contributed by atoms with Gasteiger partial charge in [-0.1, -0.05) is 6.92 Å². The van der Waals surface area contributed by atoms with E-state index in [1.165, 1.54) is 19.1 Å². The second-order valence-corrected chi connectivity index (χ2v) is 5.02. The molecule has 0 aliphatic heterocycles. The lowest BCUT2D eigenvalue weighted by Gasteiger charge is -2.10. The second-order valence-electron chi connectivity index (χ2n) is 5.02. The number of carbonyl (C=O) groups excluding carboxylic acids is 2. The first-order valence-electron chi connectivity index (χ1n) is 6.98. The molecule has 1 atom stereocenters. The number of hydrogen-bond acceptors (Lipinski definition) is 5. The average molecular weight is 303 g/mol. The quantitative estimate of drug-likeness (QED) is 0.532. The van der Waals surface area contributed by atoms with Crippen LogP contribution in [0.5, 0.6) is 5.75 Å². The molecule has 0 saturated heterocycles. The molecule has 116 valence electrons. The van der Waals surface area contributed by atoms with E-state index in [4.69, 9.17) is 9.15 Å². The molecule has 0 aliphatic rings. The highest BCUT2D eigenvalue weighted by Gasteiger charge is 2.15. The zero-order valence-corrected chi connectivity index (χ0v) is 12.6. The standard InChI is InChI=1S/C16H17NO5/c1-4-9(2)17-15(19)13-7-11-5-6-12(21-10(3)18)8-14(11)22-16(13)20/h5-9H,4H2,1-3H3,(H,17,19). The lowest BCUT2D eigenvalue weighted by atomic mass is 10.1. The molecule has 1 aromatic heterocycles. The molecular weight excluding hydrogens is 286 g/mol. The van der Waals surface area contributed by atoms with Crippen LogP contribution in [0, 0.1) is 0 Å². The van der Waals surface area contributed by atoms with Crippen LogP contribution >= 0.6 is 0 Å². The first kappa shape index (κ1) is 15.8. The Hall–Kier alpha value is -2.63. The topological polar surface area (TPSA) is 85.6 Å². The second kappa shape index (κ2) is 6.43. The van der Waals surface area contributed by atoms with E-state index >= 15 is 0 Å². The number of fused-ring (bicyclic) bond motifs is 1. The van der Waals surface area contributed by atoms with E-state index in [1.807, 2.05) is 13.8 Å². The highest BCUT2D eigenvalue weighted by atomic mass is 16.5. The van der Waals surface area contributed by atoms with E-state index in [0.717, 1.165) is 6.42 Å². The van der Waals surface area contributed by atoms with Crippen molar-refractivity contribution in [1.29, 1.82) is 0 Å². The van der Waals surface area contributed by atoms with Gasteiger partial charge < -0.3 is 14.5 Å². The molecule has 6 heteroatoms.